The Balaban J connectivity index is 1.54. The van der Waals surface area contributed by atoms with E-state index in [-0.39, 0.29) is 12.0 Å². The molecule has 1 amide bonds. The minimum atomic E-state index is -0.486. The number of nitrogens with two attached hydrogens (primary N) is 1. The molecule has 32 heavy (non-hydrogen) atoms. The van der Waals surface area contributed by atoms with Crippen molar-refractivity contribution < 1.29 is 9.53 Å². The number of benzene rings is 1. The summed E-state index contributed by atoms with van der Waals surface area (Å²) in [5, 5.41) is 5.31. The van der Waals surface area contributed by atoms with Crippen molar-refractivity contribution in [3.05, 3.63) is 58.7 Å². The Bertz CT molecular complexity index is 1170. The second kappa shape index (κ2) is 8.62. The summed E-state index contributed by atoms with van der Waals surface area (Å²) in [6, 6.07) is 14.0. The van der Waals surface area contributed by atoms with E-state index < -0.39 is 5.60 Å². The number of halogens is 1. The molecule has 0 radical (unpaired) electrons. The number of likely N-dealkylation sites (tertiary alicyclic amines) is 1. The summed E-state index contributed by atoms with van der Waals surface area (Å²) < 4.78 is 7.28. The van der Waals surface area contributed by atoms with Crippen LogP contribution in [0.5, 0.6) is 0 Å². The fourth-order valence-electron chi connectivity index (χ4n) is 4.09. The average Bonchev–Trinajstić information content (AvgIpc) is 3.09. The number of rotatable bonds is 3. The number of fused-ring (bicyclic) bond motifs is 1. The van der Waals surface area contributed by atoms with E-state index in [2.05, 4.69) is 31.8 Å². The van der Waals surface area contributed by atoms with Crippen LogP contribution in [-0.4, -0.2) is 52.4 Å². The van der Waals surface area contributed by atoms with Crippen molar-refractivity contribution in [2.45, 2.75) is 45.1 Å². The van der Waals surface area contributed by atoms with Crippen molar-refractivity contribution in [2.75, 3.05) is 13.1 Å². The van der Waals surface area contributed by atoms with Gasteiger partial charge in [-0.2, -0.15) is 0 Å². The molecule has 1 aromatic carbocycles. The number of carbonyl (C=O) groups excluding carboxylic acids is 1. The third-order valence-corrected chi connectivity index (χ3v) is 5.95. The molecule has 0 aliphatic carbocycles. The van der Waals surface area contributed by atoms with Gasteiger partial charge in [0.25, 0.3) is 0 Å². The van der Waals surface area contributed by atoms with Crippen LogP contribution in [0.4, 0.5) is 4.79 Å². The van der Waals surface area contributed by atoms with E-state index in [1.807, 2.05) is 37.8 Å². The van der Waals surface area contributed by atoms with Gasteiger partial charge in [-0.1, -0.05) is 0 Å². The van der Waals surface area contributed by atoms with Gasteiger partial charge in [-0.15, -0.1) is 0 Å². The zero-order chi connectivity index (χ0) is 23.0. The average molecular weight is 451 g/mol. The first kappa shape index (κ1) is 22.4. The molecule has 1 aliphatic rings. The topological polar surface area (TPSA) is 72.9 Å². The SMILES string of the molecule is B=C(N)c1cc(Cl)c2ccc(-c3ccc(C4CCCN(C(=O)OC(C)(C)C)C4)cc3)nn12. The standard InChI is InChI=1S/C24H28BClN4O2/c1-24(2,3)32-23(31)29-12-4-5-17(14-29)15-6-8-16(9-7-15)19-10-11-20-18(26)13-21(22(25)27)30(20)28-19/h6-11,13,17,25H,4-5,12,14,27H2,1-3H3. The Morgan fingerprint density at radius 1 is 1.22 bits per heavy atom. The quantitative estimate of drug-likeness (QED) is 0.610. The van der Waals surface area contributed by atoms with Gasteiger partial charge in [0.1, 0.15) is 5.60 Å². The van der Waals surface area contributed by atoms with E-state index in [9.17, 15) is 4.79 Å². The van der Waals surface area contributed by atoms with Gasteiger partial charge in [-0.3, -0.25) is 0 Å². The molecule has 4 rings (SSSR count). The van der Waals surface area contributed by atoms with Crippen LogP contribution >= 0.6 is 11.6 Å². The first-order valence-electron chi connectivity index (χ1n) is 10.8. The number of ether oxygens (including phenoxy) is 1. The number of hydrogen-bond acceptors (Lipinski definition) is 4. The van der Waals surface area contributed by atoms with Crippen molar-refractivity contribution in [3.63, 3.8) is 0 Å². The summed E-state index contributed by atoms with van der Waals surface area (Å²) >= 11 is 6.30. The van der Waals surface area contributed by atoms with E-state index in [0.717, 1.165) is 36.2 Å². The predicted octanol–water partition coefficient (Wildman–Crippen LogP) is 4.11. The van der Waals surface area contributed by atoms with E-state index >= 15 is 0 Å². The van der Waals surface area contributed by atoms with Gasteiger partial charge in [0, 0.05) is 6.54 Å². The van der Waals surface area contributed by atoms with Crippen molar-refractivity contribution in [3.8, 4) is 11.3 Å². The minimum absolute atomic E-state index is 0.237. The van der Waals surface area contributed by atoms with Crippen molar-refractivity contribution in [1.29, 1.82) is 0 Å². The monoisotopic (exact) mass is 450 g/mol. The Kier molecular flexibility index (Phi) is 6.04. The Morgan fingerprint density at radius 2 is 1.94 bits per heavy atom. The van der Waals surface area contributed by atoms with Gasteiger partial charge in [-0.05, 0) is 20.8 Å². The number of nitrogens with zero attached hydrogens (tertiary/aromatic N) is 3. The molecule has 6 nitrogen and oxygen atoms in total. The summed E-state index contributed by atoms with van der Waals surface area (Å²) in [6.07, 6.45) is 1.77. The first-order chi connectivity index (χ1) is 15.1. The number of aromatic nitrogens is 2. The van der Waals surface area contributed by atoms with Crippen LogP contribution in [0, 0.1) is 0 Å². The van der Waals surface area contributed by atoms with Crippen LogP contribution in [0.15, 0.2) is 42.5 Å². The maximum atomic E-state index is 12.5. The molecular weight excluding hydrogens is 423 g/mol. The molecule has 3 aromatic rings. The molecule has 0 bridgehead atoms. The number of carbonyl (C=O) groups is 1. The summed E-state index contributed by atoms with van der Waals surface area (Å²) in [7, 11) is 3.81. The fraction of sp³-hybridized carbons (Fsp3) is 0.375. The maximum absolute atomic E-state index is 12.5. The van der Waals surface area contributed by atoms with E-state index in [4.69, 9.17) is 27.2 Å². The van der Waals surface area contributed by atoms with Gasteiger partial charge in [0.15, 0.2) is 0 Å². The van der Waals surface area contributed by atoms with Gasteiger partial charge in [-0.25, -0.2) is 4.79 Å². The third kappa shape index (κ3) is 4.68. The van der Waals surface area contributed by atoms with Crippen LogP contribution in [0.1, 0.15) is 50.8 Å². The molecule has 1 fully saturated rings. The molecule has 2 N–H and O–H groups in total. The Labute approximate surface area is 194 Å². The third-order valence-electron chi connectivity index (χ3n) is 5.65. The van der Waals surface area contributed by atoms with Crippen molar-refractivity contribution in [2.24, 2.45) is 5.73 Å². The summed E-state index contributed by atoms with van der Waals surface area (Å²) in [5.74, 6) is 0.288. The van der Waals surface area contributed by atoms with E-state index in [1.54, 1.807) is 10.6 Å². The second-order valence-electron chi connectivity index (χ2n) is 9.31. The molecule has 2 aromatic heterocycles. The normalized spacial score (nSPS) is 16.8. The zero-order valence-electron chi connectivity index (χ0n) is 18.8. The summed E-state index contributed by atoms with van der Waals surface area (Å²) in [6.45, 7) is 7.09. The molecule has 0 saturated carbocycles. The van der Waals surface area contributed by atoms with Gasteiger partial charge in [0.05, 0.1) is 0 Å². The van der Waals surface area contributed by atoms with Crippen LogP contribution in [0.3, 0.4) is 0 Å². The predicted molar refractivity (Wildman–Crippen MR) is 131 cm³/mol. The van der Waals surface area contributed by atoms with Crippen LogP contribution in [0.25, 0.3) is 16.8 Å². The Morgan fingerprint density at radius 3 is 2.59 bits per heavy atom. The Hall–Kier alpha value is -2.80. The molecule has 1 aliphatic heterocycles. The van der Waals surface area contributed by atoms with Crippen LogP contribution in [0.2, 0.25) is 5.02 Å². The summed E-state index contributed by atoms with van der Waals surface area (Å²) in [4.78, 5) is 14.3. The van der Waals surface area contributed by atoms with Crippen LogP contribution in [-0.2, 0) is 4.74 Å². The molecule has 8 heteroatoms. The molecule has 1 unspecified atom stereocenters. The first-order valence-corrected chi connectivity index (χ1v) is 11.2. The zero-order valence-corrected chi connectivity index (χ0v) is 19.5. The summed E-state index contributed by atoms with van der Waals surface area (Å²) in [5.41, 5.74) is 10.3. The molecule has 1 saturated heterocycles. The van der Waals surface area contributed by atoms with Crippen molar-refractivity contribution in [1.82, 2.24) is 14.5 Å². The number of piperidine rings is 1. The number of amides is 1. The molecule has 0 spiro atoms. The number of hydrogen-bond donors (Lipinski definition) is 1. The second-order valence-corrected chi connectivity index (χ2v) is 9.71. The van der Waals surface area contributed by atoms with Gasteiger partial charge >= 0.3 is 152 Å². The molecule has 1 atom stereocenters. The van der Waals surface area contributed by atoms with Gasteiger partial charge in [0.2, 0.25) is 0 Å². The molecule has 3 heterocycles. The van der Waals surface area contributed by atoms with E-state index in [0.29, 0.717) is 22.8 Å². The fourth-order valence-corrected chi connectivity index (χ4v) is 4.34. The molecular formula is C24H28BClN4O2. The van der Waals surface area contributed by atoms with Gasteiger partial charge < -0.3 is 4.74 Å². The molecule has 166 valence electrons. The van der Waals surface area contributed by atoms with Crippen molar-refractivity contribution >= 4 is 36.3 Å². The van der Waals surface area contributed by atoms with Crippen LogP contribution < -0.4 is 5.73 Å². The van der Waals surface area contributed by atoms with E-state index in [1.165, 1.54) is 5.56 Å².